The van der Waals surface area contributed by atoms with Gasteiger partial charge in [0, 0.05) is 21.5 Å². The van der Waals surface area contributed by atoms with E-state index in [0.717, 1.165) is 22.0 Å². The lowest BCUT2D eigenvalue weighted by Gasteiger charge is -2.07. The second kappa shape index (κ2) is 9.11. The molecule has 2 aromatic carbocycles. The first kappa shape index (κ1) is 20.9. The number of carbonyl (C=O) groups is 2. The fraction of sp³-hybridized carbons (Fsp3) is 0.190. The smallest absolute Gasteiger partial charge is 0.344 e. The van der Waals surface area contributed by atoms with Gasteiger partial charge in [0.1, 0.15) is 0 Å². The molecule has 0 N–H and O–H groups in total. The highest BCUT2D eigenvalue weighted by Gasteiger charge is 2.12. The molecule has 0 radical (unpaired) electrons. The van der Waals surface area contributed by atoms with E-state index in [1.807, 2.05) is 35.9 Å². The van der Waals surface area contributed by atoms with Crippen LogP contribution in [0.3, 0.4) is 0 Å². The number of benzene rings is 2. The summed E-state index contributed by atoms with van der Waals surface area (Å²) in [6.07, 6.45) is 2.78. The maximum Gasteiger partial charge on any atom is 0.344 e. The average molecular weight is 433 g/mol. The van der Waals surface area contributed by atoms with E-state index in [-0.39, 0.29) is 0 Å². The van der Waals surface area contributed by atoms with Gasteiger partial charge >= 0.3 is 11.9 Å². The van der Waals surface area contributed by atoms with Gasteiger partial charge in [0.15, 0.2) is 6.61 Å². The van der Waals surface area contributed by atoms with Crippen LogP contribution in [0.1, 0.15) is 16.8 Å². The van der Waals surface area contributed by atoms with Crippen molar-refractivity contribution in [3.8, 4) is 0 Å². The van der Waals surface area contributed by atoms with Gasteiger partial charge in [0.25, 0.3) is 0 Å². The number of hydrogen-bond donors (Lipinski definition) is 0. The third kappa shape index (κ3) is 5.16. The molecular formula is C21H18Cl2N2O4. The van der Waals surface area contributed by atoms with E-state index in [2.05, 4.69) is 9.84 Å². The van der Waals surface area contributed by atoms with Crippen molar-refractivity contribution in [3.63, 3.8) is 0 Å². The summed E-state index contributed by atoms with van der Waals surface area (Å²) >= 11 is 12.3. The maximum absolute atomic E-state index is 11.8. The highest BCUT2D eigenvalue weighted by Crippen LogP contribution is 2.26. The molecule has 0 bridgehead atoms. The van der Waals surface area contributed by atoms with Crippen molar-refractivity contribution in [3.05, 3.63) is 69.3 Å². The zero-order chi connectivity index (χ0) is 21.0. The Morgan fingerprint density at radius 1 is 1.17 bits per heavy atom. The van der Waals surface area contributed by atoms with E-state index >= 15 is 0 Å². The second-order valence-electron chi connectivity index (χ2n) is 6.32. The van der Waals surface area contributed by atoms with Gasteiger partial charge in [-0.1, -0.05) is 41.4 Å². The first-order valence-electron chi connectivity index (χ1n) is 8.70. The molecule has 6 nitrogen and oxygen atoms in total. The van der Waals surface area contributed by atoms with E-state index in [4.69, 9.17) is 27.9 Å². The zero-order valence-electron chi connectivity index (χ0n) is 15.8. The number of ether oxygens (including phenoxy) is 2. The molecule has 0 saturated heterocycles. The Morgan fingerprint density at radius 3 is 2.69 bits per heavy atom. The van der Waals surface area contributed by atoms with Crippen LogP contribution in [0, 0.1) is 6.92 Å². The number of methoxy groups -OCH3 is 1. The van der Waals surface area contributed by atoms with Gasteiger partial charge in [-0.3, -0.25) is 4.68 Å². The summed E-state index contributed by atoms with van der Waals surface area (Å²) in [4.78, 5) is 22.9. The van der Waals surface area contributed by atoms with Gasteiger partial charge in [-0.25, -0.2) is 9.59 Å². The third-order valence-electron chi connectivity index (χ3n) is 4.21. The molecule has 0 unspecified atom stereocenters. The molecule has 150 valence electrons. The van der Waals surface area contributed by atoms with Crippen LogP contribution in [0.4, 0.5) is 0 Å². The minimum Gasteiger partial charge on any atom is -0.466 e. The van der Waals surface area contributed by atoms with E-state index in [9.17, 15) is 9.59 Å². The molecule has 3 rings (SSSR count). The van der Waals surface area contributed by atoms with Crippen molar-refractivity contribution in [1.29, 1.82) is 0 Å². The van der Waals surface area contributed by atoms with Crippen molar-refractivity contribution in [2.24, 2.45) is 0 Å². The molecule has 0 aliphatic heterocycles. The van der Waals surface area contributed by atoms with Crippen LogP contribution < -0.4 is 0 Å². The normalized spacial score (nSPS) is 11.2. The van der Waals surface area contributed by atoms with Crippen molar-refractivity contribution in [2.45, 2.75) is 13.5 Å². The number of rotatable bonds is 6. The number of esters is 2. The summed E-state index contributed by atoms with van der Waals surface area (Å²) in [6.45, 7) is 1.99. The topological polar surface area (TPSA) is 70.4 Å². The van der Waals surface area contributed by atoms with Crippen molar-refractivity contribution in [2.75, 3.05) is 13.7 Å². The Kier molecular flexibility index (Phi) is 6.56. The Balaban J connectivity index is 1.90. The minimum absolute atomic E-state index is 0.441. The van der Waals surface area contributed by atoms with Crippen LogP contribution in [-0.4, -0.2) is 35.4 Å². The Bertz CT molecular complexity index is 1110. The fourth-order valence-corrected chi connectivity index (χ4v) is 3.22. The van der Waals surface area contributed by atoms with Crippen molar-refractivity contribution < 1.29 is 19.1 Å². The minimum atomic E-state index is -0.661. The number of carbonyl (C=O) groups excluding carboxylic acids is 2. The summed E-state index contributed by atoms with van der Waals surface area (Å²) in [5, 5.41) is 6.60. The van der Waals surface area contributed by atoms with Gasteiger partial charge in [-0.05, 0) is 42.3 Å². The molecule has 8 heteroatoms. The molecule has 0 atom stereocenters. The van der Waals surface area contributed by atoms with Gasteiger partial charge in [-0.15, -0.1) is 0 Å². The number of halogens is 2. The largest absolute Gasteiger partial charge is 0.466 e. The Labute approximate surface area is 177 Å². The van der Waals surface area contributed by atoms with Gasteiger partial charge < -0.3 is 9.47 Å². The van der Waals surface area contributed by atoms with Crippen LogP contribution in [0.5, 0.6) is 0 Å². The van der Waals surface area contributed by atoms with E-state index in [1.165, 1.54) is 13.2 Å². The Morgan fingerprint density at radius 2 is 1.97 bits per heavy atom. The predicted molar refractivity (Wildman–Crippen MR) is 112 cm³/mol. The zero-order valence-corrected chi connectivity index (χ0v) is 17.3. The van der Waals surface area contributed by atoms with Gasteiger partial charge in [0.2, 0.25) is 0 Å². The number of aromatic nitrogens is 2. The number of nitrogens with zero attached hydrogens (tertiary/aromatic N) is 2. The fourth-order valence-electron chi connectivity index (χ4n) is 2.75. The monoisotopic (exact) mass is 432 g/mol. The van der Waals surface area contributed by atoms with Crippen LogP contribution >= 0.6 is 23.2 Å². The predicted octanol–water partition coefficient (Wildman–Crippen LogP) is 4.43. The lowest BCUT2D eigenvalue weighted by Crippen LogP contribution is -2.13. The van der Waals surface area contributed by atoms with E-state index < -0.39 is 18.5 Å². The molecule has 0 saturated carbocycles. The lowest BCUT2D eigenvalue weighted by atomic mass is 10.1. The summed E-state index contributed by atoms with van der Waals surface area (Å²) in [6, 6.07) is 11.2. The molecule has 3 aromatic rings. The standard InChI is InChI=1S/C21H18Cl2N2O4/c1-13-3-6-16-18(7-8-20(26)29-12-21(27)28-2)24-25(19(16)9-13)11-14-4-5-15(22)10-17(14)23/h3-10H,11-12H2,1-2H3/b8-7+. The number of aryl methyl sites for hydroxylation is 1. The van der Waals surface area contributed by atoms with E-state index in [0.29, 0.717) is 22.3 Å². The van der Waals surface area contributed by atoms with Crippen LogP contribution in [0.25, 0.3) is 17.0 Å². The third-order valence-corrected chi connectivity index (χ3v) is 4.80. The molecule has 0 spiro atoms. The first-order valence-corrected chi connectivity index (χ1v) is 9.45. The van der Waals surface area contributed by atoms with Crippen LogP contribution in [-0.2, 0) is 25.6 Å². The van der Waals surface area contributed by atoms with Gasteiger partial charge in [0.05, 0.1) is 24.9 Å². The molecule has 0 aliphatic carbocycles. The average Bonchev–Trinajstić information content (AvgIpc) is 3.03. The highest BCUT2D eigenvalue weighted by atomic mass is 35.5. The van der Waals surface area contributed by atoms with Crippen LogP contribution in [0.15, 0.2) is 42.5 Å². The molecule has 1 aromatic heterocycles. The molecule has 0 amide bonds. The molecule has 29 heavy (non-hydrogen) atoms. The van der Waals surface area contributed by atoms with Crippen molar-refractivity contribution >= 4 is 52.1 Å². The quantitative estimate of drug-likeness (QED) is 0.425. The summed E-state index contributed by atoms with van der Waals surface area (Å²) in [5.74, 6) is -1.29. The molecule has 0 aliphatic rings. The number of hydrogen-bond acceptors (Lipinski definition) is 5. The maximum atomic E-state index is 11.8. The van der Waals surface area contributed by atoms with E-state index in [1.54, 1.807) is 18.2 Å². The molecule has 0 fully saturated rings. The summed E-state index contributed by atoms with van der Waals surface area (Å²) in [5.41, 5.74) is 3.45. The highest BCUT2D eigenvalue weighted by molar-refractivity contribution is 6.35. The lowest BCUT2D eigenvalue weighted by molar-refractivity contribution is -0.154. The van der Waals surface area contributed by atoms with Crippen molar-refractivity contribution in [1.82, 2.24) is 9.78 Å². The number of fused-ring (bicyclic) bond motifs is 1. The van der Waals surface area contributed by atoms with Gasteiger partial charge in [-0.2, -0.15) is 5.10 Å². The second-order valence-corrected chi connectivity index (χ2v) is 7.16. The first-order chi connectivity index (χ1) is 13.9. The Hall–Kier alpha value is -2.83. The molecular weight excluding hydrogens is 415 g/mol. The van der Waals surface area contributed by atoms with Crippen LogP contribution in [0.2, 0.25) is 10.0 Å². The molecule has 1 heterocycles. The summed E-state index contributed by atoms with van der Waals surface area (Å²) in [7, 11) is 1.22. The summed E-state index contributed by atoms with van der Waals surface area (Å²) < 4.78 is 11.1. The SMILES string of the molecule is COC(=O)COC(=O)/C=C/c1nn(Cc2ccc(Cl)cc2Cl)c2cc(C)ccc12.